The molecule has 0 aromatic heterocycles. The van der Waals surface area contributed by atoms with E-state index in [0.29, 0.717) is 17.1 Å². The van der Waals surface area contributed by atoms with Gasteiger partial charge >= 0.3 is 18.9 Å². The molecule has 2 aromatic rings. The number of ether oxygens (including phenoxy) is 3. The van der Waals surface area contributed by atoms with E-state index in [2.05, 4.69) is 0 Å². The van der Waals surface area contributed by atoms with Crippen LogP contribution < -0.4 is 38.4 Å². The van der Waals surface area contributed by atoms with Gasteiger partial charge in [-0.1, -0.05) is 12.1 Å². The second-order valence-corrected chi connectivity index (χ2v) is 5.92. The van der Waals surface area contributed by atoms with Gasteiger partial charge in [-0.25, -0.2) is 0 Å². The minimum Gasteiger partial charge on any atom is -1.00 e. The molecule has 0 radical (unpaired) electrons. The van der Waals surface area contributed by atoms with Crippen LogP contribution in [-0.4, -0.2) is 26.9 Å². The molecule has 1 unspecified atom stereocenters. The standard InChI is InChI=1S/C17H19O4P.Li.H/c1-11-10-12(19-2)8-9-15(11)22-17(18)16-13(20-3)6-5-7-14(16)21-4;;/h5-10,22H,1-4H3;;/q;+1;-1. The van der Waals surface area contributed by atoms with Gasteiger partial charge in [0.05, 0.1) is 21.3 Å². The fourth-order valence-corrected chi connectivity index (χ4v) is 3.22. The molecule has 0 N–H and O–H groups in total. The van der Waals surface area contributed by atoms with Crippen molar-refractivity contribution in [1.82, 2.24) is 0 Å². The Kier molecular flexibility index (Phi) is 7.65. The van der Waals surface area contributed by atoms with Gasteiger partial charge in [0.2, 0.25) is 0 Å². The third kappa shape index (κ3) is 4.51. The predicted octanol–water partition coefficient (Wildman–Crippen LogP) is 0.282. The van der Waals surface area contributed by atoms with Crippen LogP contribution in [0.5, 0.6) is 17.2 Å². The van der Waals surface area contributed by atoms with Crippen molar-refractivity contribution in [3.63, 3.8) is 0 Å². The van der Waals surface area contributed by atoms with E-state index in [-0.39, 0.29) is 34.4 Å². The Morgan fingerprint density at radius 1 is 1.00 bits per heavy atom. The Bertz CT molecular complexity index is 672. The average Bonchev–Trinajstić information content (AvgIpc) is 2.55. The van der Waals surface area contributed by atoms with Crippen LogP contribution in [0, 0.1) is 6.92 Å². The van der Waals surface area contributed by atoms with Gasteiger partial charge < -0.3 is 15.6 Å². The molecule has 4 nitrogen and oxygen atoms in total. The van der Waals surface area contributed by atoms with Gasteiger partial charge in [0.15, 0.2) is 5.52 Å². The van der Waals surface area contributed by atoms with Crippen molar-refractivity contribution < 1.29 is 39.3 Å². The zero-order valence-corrected chi connectivity index (χ0v) is 15.1. The topological polar surface area (TPSA) is 44.8 Å². The predicted molar refractivity (Wildman–Crippen MR) is 90.7 cm³/mol. The van der Waals surface area contributed by atoms with Crippen molar-refractivity contribution in [2.45, 2.75) is 6.92 Å². The van der Waals surface area contributed by atoms with Crippen molar-refractivity contribution >= 4 is 19.4 Å². The summed E-state index contributed by atoms with van der Waals surface area (Å²) in [4.78, 5) is 12.7. The minimum absolute atomic E-state index is 0. The van der Waals surface area contributed by atoms with Crippen LogP contribution in [0.4, 0.5) is 0 Å². The molecule has 23 heavy (non-hydrogen) atoms. The molecule has 0 aliphatic carbocycles. The van der Waals surface area contributed by atoms with Crippen molar-refractivity contribution in [3.05, 3.63) is 47.5 Å². The van der Waals surface area contributed by atoms with Crippen molar-refractivity contribution in [2.24, 2.45) is 0 Å². The SMILES string of the molecule is COc1ccc(PC(=O)c2c(OC)cccc2OC)c(C)c1.[H-].[Li+]. The first-order valence-corrected chi connectivity index (χ1v) is 7.77. The first-order valence-electron chi connectivity index (χ1n) is 6.77. The van der Waals surface area contributed by atoms with Crippen LogP contribution in [0.1, 0.15) is 17.3 Å². The number of methoxy groups -OCH3 is 3. The Morgan fingerprint density at radius 2 is 1.61 bits per heavy atom. The fraction of sp³-hybridized carbons (Fsp3) is 0.235. The van der Waals surface area contributed by atoms with Crippen LogP contribution in [-0.2, 0) is 0 Å². The summed E-state index contributed by atoms with van der Waals surface area (Å²) in [6.07, 6.45) is 0. The molecular formula is C17H20LiO4P. The molecule has 2 rings (SSSR count). The summed E-state index contributed by atoms with van der Waals surface area (Å²) in [6, 6.07) is 11.0. The Balaban J connectivity index is 0.00000264. The maximum atomic E-state index is 12.7. The number of carbonyl (C=O) groups excluding carboxylic acids is 1. The molecule has 0 saturated heterocycles. The molecule has 2 aromatic carbocycles. The van der Waals surface area contributed by atoms with E-state index < -0.39 is 0 Å². The maximum Gasteiger partial charge on any atom is 1.00 e. The van der Waals surface area contributed by atoms with Crippen LogP contribution in [0.15, 0.2) is 36.4 Å². The zero-order chi connectivity index (χ0) is 16.1. The second kappa shape index (κ2) is 8.99. The third-order valence-electron chi connectivity index (χ3n) is 3.34. The van der Waals surface area contributed by atoms with Gasteiger partial charge in [0.1, 0.15) is 22.8 Å². The summed E-state index contributed by atoms with van der Waals surface area (Å²) in [7, 11) is 4.72. The number of carbonyl (C=O) groups is 1. The quantitative estimate of drug-likeness (QED) is 0.565. The summed E-state index contributed by atoms with van der Waals surface area (Å²) in [5, 5.41) is 0.985. The smallest absolute Gasteiger partial charge is 1.00 e. The van der Waals surface area contributed by atoms with Gasteiger partial charge in [0.25, 0.3) is 0 Å². The Labute approximate surface area is 152 Å². The molecule has 1 atom stereocenters. The summed E-state index contributed by atoms with van der Waals surface area (Å²) in [5.41, 5.74) is 1.50. The van der Waals surface area contributed by atoms with Gasteiger partial charge in [-0.15, -0.1) is 0 Å². The van der Waals surface area contributed by atoms with Crippen molar-refractivity contribution in [3.8, 4) is 17.2 Å². The molecule has 0 bridgehead atoms. The summed E-state index contributed by atoms with van der Waals surface area (Å²) in [5.74, 6) is 1.85. The van der Waals surface area contributed by atoms with Crippen LogP contribution in [0.2, 0.25) is 0 Å². The zero-order valence-electron chi connectivity index (χ0n) is 15.1. The molecule has 0 fully saturated rings. The van der Waals surface area contributed by atoms with Crippen LogP contribution in [0.3, 0.4) is 0 Å². The maximum absolute atomic E-state index is 12.7. The number of hydrogen-bond donors (Lipinski definition) is 0. The van der Waals surface area contributed by atoms with E-state index in [0.717, 1.165) is 16.6 Å². The fourth-order valence-electron chi connectivity index (χ4n) is 2.16. The molecule has 0 saturated carbocycles. The van der Waals surface area contributed by atoms with Crippen LogP contribution >= 0.6 is 8.58 Å². The minimum atomic E-state index is -0.0115. The van der Waals surface area contributed by atoms with E-state index in [4.69, 9.17) is 14.2 Å². The number of rotatable bonds is 6. The van der Waals surface area contributed by atoms with E-state index >= 15 is 0 Å². The Hall–Kier alpha value is -1.46. The van der Waals surface area contributed by atoms with Crippen molar-refractivity contribution in [2.75, 3.05) is 21.3 Å². The van der Waals surface area contributed by atoms with E-state index in [1.165, 1.54) is 0 Å². The monoisotopic (exact) mass is 326 g/mol. The molecule has 118 valence electrons. The normalized spacial score (nSPS) is 10.3. The summed E-state index contributed by atoms with van der Waals surface area (Å²) in [6.45, 7) is 1.97. The molecule has 6 heteroatoms. The molecule has 0 aliphatic heterocycles. The number of hydrogen-bond acceptors (Lipinski definition) is 4. The first kappa shape index (κ1) is 19.6. The third-order valence-corrected chi connectivity index (χ3v) is 4.64. The van der Waals surface area contributed by atoms with Crippen molar-refractivity contribution in [1.29, 1.82) is 0 Å². The van der Waals surface area contributed by atoms with Gasteiger partial charge in [-0.05, 0) is 50.6 Å². The largest absolute Gasteiger partial charge is 1.00 e. The molecule has 0 amide bonds. The molecular weight excluding hydrogens is 306 g/mol. The second-order valence-electron chi connectivity index (χ2n) is 4.67. The van der Waals surface area contributed by atoms with E-state index in [1.54, 1.807) is 39.5 Å². The first-order chi connectivity index (χ1) is 10.6. The number of aryl methyl sites for hydroxylation is 1. The van der Waals surface area contributed by atoms with Gasteiger partial charge in [0, 0.05) is 0 Å². The summed E-state index contributed by atoms with van der Waals surface area (Å²) < 4.78 is 15.8. The van der Waals surface area contributed by atoms with Crippen LogP contribution in [0.25, 0.3) is 0 Å². The summed E-state index contributed by atoms with van der Waals surface area (Å²) >= 11 is 0. The average molecular weight is 326 g/mol. The van der Waals surface area contributed by atoms with Gasteiger partial charge in [-0.3, -0.25) is 4.79 Å². The van der Waals surface area contributed by atoms with E-state index in [9.17, 15) is 4.79 Å². The van der Waals surface area contributed by atoms with Gasteiger partial charge in [-0.2, -0.15) is 0 Å². The number of benzene rings is 2. The molecule has 0 heterocycles. The Morgan fingerprint density at radius 3 is 2.09 bits per heavy atom. The molecule has 0 spiro atoms. The molecule has 0 aliphatic rings. The van der Waals surface area contributed by atoms with E-state index in [1.807, 2.05) is 25.1 Å².